The summed E-state index contributed by atoms with van der Waals surface area (Å²) in [6.45, 7) is 10.8. The lowest BCUT2D eigenvalue weighted by Crippen LogP contribution is -2.45. The summed E-state index contributed by atoms with van der Waals surface area (Å²) in [4.78, 5) is 28.4. The Labute approximate surface area is 189 Å². The lowest BCUT2D eigenvalue weighted by atomic mass is 9.97. The zero-order chi connectivity index (χ0) is 22.4. The number of rotatable bonds is 7. The van der Waals surface area contributed by atoms with Crippen molar-refractivity contribution in [2.45, 2.75) is 46.6 Å². The van der Waals surface area contributed by atoms with Crippen LogP contribution >= 0.6 is 11.3 Å². The van der Waals surface area contributed by atoms with Crippen molar-refractivity contribution >= 4 is 29.0 Å². The summed E-state index contributed by atoms with van der Waals surface area (Å²) in [7, 11) is 0. The molecule has 0 bridgehead atoms. The van der Waals surface area contributed by atoms with E-state index < -0.39 is 0 Å². The number of carbonyl (C=O) groups excluding carboxylic acids is 2. The van der Waals surface area contributed by atoms with E-state index in [1.165, 1.54) is 17.7 Å². The van der Waals surface area contributed by atoms with Gasteiger partial charge in [-0.2, -0.15) is 0 Å². The van der Waals surface area contributed by atoms with Crippen LogP contribution in [0.15, 0.2) is 29.6 Å². The monoisotopic (exact) mass is 442 g/mol. The third-order valence-electron chi connectivity index (χ3n) is 5.94. The molecule has 3 rings (SSSR count). The SMILES string of the molecule is Cc1cc(C)c(NC(=O)CNC(=O)NCC(c2cccs2)N2CCC(C)CC2)c(C)c1. The van der Waals surface area contributed by atoms with E-state index >= 15 is 0 Å². The molecular weight excluding hydrogens is 408 g/mol. The predicted molar refractivity (Wildman–Crippen MR) is 128 cm³/mol. The molecule has 1 aromatic carbocycles. The number of nitrogens with zero attached hydrogens (tertiary/aromatic N) is 1. The van der Waals surface area contributed by atoms with Crippen LogP contribution in [0, 0.1) is 26.7 Å². The summed E-state index contributed by atoms with van der Waals surface area (Å²) in [6, 6.07) is 8.11. The number of carbonyl (C=O) groups is 2. The van der Waals surface area contributed by atoms with Crippen LogP contribution in [0.4, 0.5) is 10.5 Å². The Kier molecular flexibility index (Phi) is 8.09. The molecule has 1 unspecified atom stereocenters. The molecule has 1 atom stereocenters. The van der Waals surface area contributed by atoms with Crippen molar-refractivity contribution in [3.8, 4) is 0 Å². The fraction of sp³-hybridized carbons (Fsp3) is 0.500. The van der Waals surface area contributed by atoms with Crippen molar-refractivity contribution in [2.24, 2.45) is 5.92 Å². The summed E-state index contributed by atoms with van der Waals surface area (Å²) in [6.07, 6.45) is 2.37. The molecular formula is C24H34N4O2S. The molecule has 7 heteroatoms. The van der Waals surface area contributed by atoms with Gasteiger partial charge in [0, 0.05) is 17.1 Å². The molecule has 1 aliphatic rings. The van der Waals surface area contributed by atoms with E-state index in [-0.39, 0.29) is 24.5 Å². The number of hydrogen-bond donors (Lipinski definition) is 3. The molecule has 168 valence electrons. The van der Waals surface area contributed by atoms with Crippen molar-refractivity contribution in [1.82, 2.24) is 15.5 Å². The largest absolute Gasteiger partial charge is 0.336 e. The van der Waals surface area contributed by atoms with Gasteiger partial charge in [0.15, 0.2) is 0 Å². The molecule has 0 radical (unpaired) electrons. The Bertz CT molecular complexity index is 866. The summed E-state index contributed by atoms with van der Waals surface area (Å²) < 4.78 is 0. The highest BCUT2D eigenvalue weighted by Crippen LogP contribution is 2.29. The molecule has 2 aromatic rings. The summed E-state index contributed by atoms with van der Waals surface area (Å²) >= 11 is 1.72. The summed E-state index contributed by atoms with van der Waals surface area (Å²) in [5.41, 5.74) is 4.01. The van der Waals surface area contributed by atoms with Crippen LogP contribution in [0.1, 0.15) is 47.4 Å². The van der Waals surface area contributed by atoms with Gasteiger partial charge in [0.05, 0.1) is 12.6 Å². The minimum absolute atomic E-state index is 0.0660. The fourth-order valence-corrected chi connectivity index (χ4v) is 5.06. The Hall–Kier alpha value is -2.38. The smallest absolute Gasteiger partial charge is 0.315 e. The first-order valence-corrected chi connectivity index (χ1v) is 11.9. The maximum atomic E-state index is 12.4. The number of nitrogens with one attached hydrogen (secondary N) is 3. The molecule has 1 fully saturated rings. The molecule has 0 spiro atoms. The van der Waals surface area contributed by atoms with E-state index in [1.54, 1.807) is 11.3 Å². The Morgan fingerprint density at radius 2 is 1.81 bits per heavy atom. The summed E-state index contributed by atoms with van der Waals surface area (Å²) in [5, 5.41) is 10.6. The molecule has 0 aliphatic carbocycles. The number of piperidine rings is 1. The Morgan fingerprint density at radius 3 is 2.42 bits per heavy atom. The van der Waals surface area contributed by atoms with E-state index in [4.69, 9.17) is 0 Å². The first-order chi connectivity index (χ1) is 14.8. The number of benzene rings is 1. The number of likely N-dealkylation sites (tertiary alicyclic amines) is 1. The van der Waals surface area contributed by atoms with Gasteiger partial charge < -0.3 is 16.0 Å². The van der Waals surface area contributed by atoms with Crippen LogP contribution in [-0.2, 0) is 4.79 Å². The van der Waals surface area contributed by atoms with Gasteiger partial charge in [0.2, 0.25) is 5.91 Å². The highest BCUT2D eigenvalue weighted by atomic mass is 32.1. The molecule has 31 heavy (non-hydrogen) atoms. The van der Waals surface area contributed by atoms with E-state index in [2.05, 4.69) is 45.3 Å². The van der Waals surface area contributed by atoms with E-state index in [0.29, 0.717) is 6.54 Å². The van der Waals surface area contributed by atoms with Crippen molar-refractivity contribution in [3.05, 3.63) is 51.2 Å². The van der Waals surface area contributed by atoms with Gasteiger partial charge in [0.25, 0.3) is 0 Å². The standard InChI is InChI=1S/C24H34N4O2S/c1-16-7-9-28(10-8-16)20(21-6-5-11-31-21)14-25-24(30)26-15-22(29)27-23-18(3)12-17(2)13-19(23)4/h5-6,11-13,16,20H,7-10,14-15H2,1-4H3,(H,27,29)(H2,25,26,30). The van der Waals surface area contributed by atoms with Gasteiger partial charge in [-0.05, 0) is 75.2 Å². The highest BCUT2D eigenvalue weighted by Gasteiger charge is 2.25. The van der Waals surface area contributed by atoms with Gasteiger partial charge in [-0.25, -0.2) is 4.79 Å². The molecule has 3 N–H and O–H groups in total. The van der Waals surface area contributed by atoms with E-state index in [1.807, 2.05) is 32.9 Å². The van der Waals surface area contributed by atoms with Crippen LogP contribution in [-0.4, -0.2) is 43.0 Å². The van der Waals surface area contributed by atoms with Crippen molar-refractivity contribution < 1.29 is 9.59 Å². The van der Waals surface area contributed by atoms with E-state index in [0.717, 1.165) is 41.4 Å². The topological polar surface area (TPSA) is 73.5 Å². The van der Waals surface area contributed by atoms with Crippen LogP contribution in [0.3, 0.4) is 0 Å². The molecule has 1 saturated heterocycles. The van der Waals surface area contributed by atoms with Gasteiger partial charge in [-0.15, -0.1) is 11.3 Å². The average Bonchev–Trinajstić information content (AvgIpc) is 3.25. The molecule has 2 heterocycles. The number of aryl methyl sites for hydroxylation is 3. The summed E-state index contributed by atoms with van der Waals surface area (Å²) in [5.74, 6) is 0.529. The zero-order valence-corrected chi connectivity index (χ0v) is 19.8. The fourth-order valence-electron chi connectivity index (χ4n) is 4.20. The van der Waals surface area contributed by atoms with Crippen LogP contribution in [0.2, 0.25) is 0 Å². The van der Waals surface area contributed by atoms with Gasteiger partial charge in [0.1, 0.15) is 0 Å². The number of anilines is 1. The van der Waals surface area contributed by atoms with Crippen molar-refractivity contribution in [2.75, 3.05) is 31.5 Å². The lowest BCUT2D eigenvalue weighted by Gasteiger charge is -2.36. The van der Waals surface area contributed by atoms with Crippen LogP contribution in [0.25, 0.3) is 0 Å². The number of hydrogen-bond acceptors (Lipinski definition) is 4. The average molecular weight is 443 g/mol. The third kappa shape index (κ3) is 6.55. The second kappa shape index (κ2) is 10.8. The third-order valence-corrected chi connectivity index (χ3v) is 6.91. The number of thiophene rings is 1. The molecule has 1 aromatic heterocycles. The molecule has 6 nitrogen and oxygen atoms in total. The minimum Gasteiger partial charge on any atom is -0.336 e. The number of amides is 3. The van der Waals surface area contributed by atoms with Crippen LogP contribution < -0.4 is 16.0 Å². The van der Waals surface area contributed by atoms with Gasteiger partial charge in [-0.1, -0.05) is 30.7 Å². The second-order valence-corrected chi connectivity index (χ2v) is 9.61. The zero-order valence-electron chi connectivity index (χ0n) is 19.0. The van der Waals surface area contributed by atoms with Crippen LogP contribution in [0.5, 0.6) is 0 Å². The lowest BCUT2D eigenvalue weighted by molar-refractivity contribution is -0.115. The van der Waals surface area contributed by atoms with Crippen molar-refractivity contribution in [1.29, 1.82) is 0 Å². The quantitative estimate of drug-likeness (QED) is 0.596. The highest BCUT2D eigenvalue weighted by molar-refractivity contribution is 7.10. The first kappa shape index (κ1) is 23.3. The maximum Gasteiger partial charge on any atom is 0.315 e. The van der Waals surface area contributed by atoms with E-state index in [9.17, 15) is 9.59 Å². The first-order valence-electron chi connectivity index (χ1n) is 11.0. The Morgan fingerprint density at radius 1 is 1.13 bits per heavy atom. The molecule has 3 amide bonds. The second-order valence-electron chi connectivity index (χ2n) is 8.64. The van der Waals surface area contributed by atoms with Crippen molar-refractivity contribution in [3.63, 3.8) is 0 Å². The Balaban J connectivity index is 1.50. The van der Waals surface area contributed by atoms with Gasteiger partial charge in [-0.3, -0.25) is 9.69 Å². The normalized spacial score (nSPS) is 16.0. The number of urea groups is 1. The maximum absolute atomic E-state index is 12.4. The minimum atomic E-state index is -0.320. The molecule has 1 aliphatic heterocycles. The molecule has 0 saturated carbocycles. The predicted octanol–water partition coefficient (Wildman–Crippen LogP) is 4.38. The van der Waals surface area contributed by atoms with Gasteiger partial charge >= 0.3 is 6.03 Å².